The summed E-state index contributed by atoms with van der Waals surface area (Å²) >= 11 is 0. The molecule has 1 atom stereocenters. The summed E-state index contributed by atoms with van der Waals surface area (Å²) in [6.45, 7) is 0. The molecule has 0 saturated carbocycles. The molecule has 1 heterocycles. The zero-order chi connectivity index (χ0) is 16.2. The Hall–Kier alpha value is -3.13. The Morgan fingerprint density at radius 3 is 1.79 bits per heavy atom. The molecule has 0 radical (unpaired) electrons. The van der Waals surface area contributed by atoms with Crippen LogP contribution in [0.5, 0.6) is 0 Å². The minimum atomic E-state index is -0.144. The number of benzene rings is 3. The maximum atomic E-state index is 6.18. The molecular weight excluding hydrogens is 294 g/mol. The molecule has 4 rings (SSSR count). The molecule has 1 aliphatic heterocycles. The lowest BCUT2D eigenvalue weighted by molar-refractivity contribution is 0.239. The fourth-order valence-corrected chi connectivity index (χ4v) is 2.76. The second kappa shape index (κ2) is 6.55. The summed E-state index contributed by atoms with van der Waals surface area (Å²) in [7, 11) is 0. The van der Waals surface area contributed by atoms with E-state index < -0.39 is 0 Å². The van der Waals surface area contributed by atoms with Gasteiger partial charge in [-0.1, -0.05) is 78.9 Å². The fourth-order valence-electron chi connectivity index (χ4n) is 2.76. The Labute approximate surface area is 141 Å². The first-order valence-electron chi connectivity index (χ1n) is 8.03. The van der Waals surface area contributed by atoms with Crippen LogP contribution in [0.25, 0.3) is 5.70 Å². The highest BCUT2D eigenvalue weighted by Crippen LogP contribution is 2.31. The van der Waals surface area contributed by atoms with Crippen LogP contribution in [0, 0.1) is 0 Å². The largest absolute Gasteiger partial charge is 0.465 e. The predicted octanol–water partition coefficient (Wildman–Crippen LogP) is 5.25. The van der Waals surface area contributed by atoms with Gasteiger partial charge in [0.15, 0.2) is 0 Å². The van der Waals surface area contributed by atoms with Gasteiger partial charge in [0.2, 0.25) is 5.90 Å². The van der Waals surface area contributed by atoms with E-state index in [4.69, 9.17) is 9.73 Å². The number of nitrogens with zero attached hydrogens (tertiary/aromatic N) is 1. The normalized spacial score (nSPS) is 16.8. The van der Waals surface area contributed by atoms with Crippen molar-refractivity contribution in [3.63, 3.8) is 0 Å². The fraction of sp³-hybridized carbons (Fsp3) is 0.0455. The molecule has 0 spiro atoms. The molecule has 1 unspecified atom stereocenters. The standard InChI is InChI=1S/C22H17NO/c1-4-10-17(11-5-1)20-16-21(18-12-6-2-7-13-18)24-22(23-20)19-14-8-3-9-15-19/h1-16,21H. The molecule has 0 aliphatic carbocycles. The van der Waals surface area contributed by atoms with Gasteiger partial charge >= 0.3 is 0 Å². The average Bonchev–Trinajstić information content (AvgIpc) is 2.70. The van der Waals surface area contributed by atoms with Crippen LogP contribution in [0.15, 0.2) is 102 Å². The Morgan fingerprint density at radius 2 is 1.17 bits per heavy atom. The van der Waals surface area contributed by atoms with E-state index in [9.17, 15) is 0 Å². The third-order valence-electron chi connectivity index (χ3n) is 3.99. The highest BCUT2D eigenvalue weighted by molar-refractivity contribution is 5.99. The van der Waals surface area contributed by atoms with Crippen molar-refractivity contribution in [1.29, 1.82) is 0 Å². The Kier molecular flexibility index (Phi) is 3.95. The average molecular weight is 311 g/mol. The van der Waals surface area contributed by atoms with Crippen LogP contribution in [0.2, 0.25) is 0 Å². The third kappa shape index (κ3) is 2.99. The molecular formula is C22H17NO. The molecule has 1 aliphatic rings. The third-order valence-corrected chi connectivity index (χ3v) is 3.99. The van der Waals surface area contributed by atoms with E-state index in [-0.39, 0.29) is 6.10 Å². The van der Waals surface area contributed by atoms with Gasteiger partial charge in [-0.05, 0) is 23.8 Å². The number of aliphatic imine (C=N–C) groups is 1. The molecule has 0 aromatic heterocycles. The molecule has 24 heavy (non-hydrogen) atoms. The van der Waals surface area contributed by atoms with Crippen molar-refractivity contribution in [2.24, 2.45) is 4.99 Å². The summed E-state index contributed by atoms with van der Waals surface area (Å²) in [6, 6.07) is 30.5. The molecule has 0 saturated heterocycles. The van der Waals surface area contributed by atoms with Gasteiger partial charge in [0.25, 0.3) is 0 Å². The van der Waals surface area contributed by atoms with E-state index in [1.54, 1.807) is 0 Å². The number of rotatable bonds is 3. The van der Waals surface area contributed by atoms with Gasteiger partial charge in [0.1, 0.15) is 6.10 Å². The number of ether oxygens (including phenoxy) is 1. The highest BCUT2D eigenvalue weighted by atomic mass is 16.5. The first-order valence-corrected chi connectivity index (χ1v) is 8.03. The van der Waals surface area contributed by atoms with Gasteiger partial charge in [0, 0.05) is 11.1 Å². The zero-order valence-electron chi connectivity index (χ0n) is 13.2. The van der Waals surface area contributed by atoms with Gasteiger partial charge in [-0.25, -0.2) is 4.99 Å². The zero-order valence-corrected chi connectivity index (χ0v) is 13.2. The molecule has 0 amide bonds. The number of hydrogen-bond donors (Lipinski definition) is 0. The summed E-state index contributed by atoms with van der Waals surface area (Å²) < 4.78 is 6.18. The molecule has 2 nitrogen and oxygen atoms in total. The van der Waals surface area contributed by atoms with Gasteiger partial charge in [0.05, 0.1) is 5.70 Å². The number of hydrogen-bond acceptors (Lipinski definition) is 2. The van der Waals surface area contributed by atoms with Crippen molar-refractivity contribution >= 4 is 11.6 Å². The Balaban J connectivity index is 1.79. The second-order valence-corrected chi connectivity index (χ2v) is 5.65. The second-order valence-electron chi connectivity index (χ2n) is 5.65. The van der Waals surface area contributed by atoms with Crippen molar-refractivity contribution in [2.45, 2.75) is 6.10 Å². The predicted molar refractivity (Wildman–Crippen MR) is 97.7 cm³/mol. The van der Waals surface area contributed by atoms with E-state index in [1.165, 1.54) is 0 Å². The van der Waals surface area contributed by atoms with E-state index in [2.05, 4.69) is 30.3 Å². The molecule has 0 N–H and O–H groups in total. The topological polar surface area (TPSA) is 21.6 Å². The molecule has 3 aromatic rings. The molecule has 116 valence electrons. The van der Waals surface area contributed by atoms with Crippen molar-refractivity contribution < 1.29 is 4.74 Å². The van der Waals surface area contributed by atoms with E-state index in [0.29, 0.717) is 5.90 Å². The quantitative estimate of drug-likeness (QED) is 0.647. The van der Waals surface area contributed by atoms with Gasteiger partial charge in [-0.2, -0.15) is 0 Å². The van der Waals surface area contributed by atoms with Crippen LogP contribution in [-0.2, 0) is 4.74 Å². The van der Waals surface area contributed by atoms with Crippen molar-refractivity contribution in [3.05, 3.63) is 114 Å². The summed E-state index contributed by atoms with van der Waals surface area (Å²) in [4.78, 5) is 4.75. The van der Waals surface area contributed by atoms with E-state index >= 15 is 0 Å². The van der Waals surface area contributed by atoms with Crippen LogP contribution in [0.3, 0.4) is 0 Å². The minimum Gasteiger partial charge on any atom is -0.465 e. The van der Waals surface area contributed by atoms with Gasteiger partial charge in [-0.3, -0.25) is 0 Å². The van der Waals surface area contributed by atoms with E-state index in [0.717, 1.165) is 22.4 Å². The summed E-state index contributed by atoms with van der Waals surface area (Å²) in [5.41, 5.74) is 4.14. The van der Waals surface area contributed by atoms with Crippen LogP contribution in [0.4, 0.5) is 0 Å². The lowest BCUT2D eigenvalue weighted by Crippen LogP contribution is -2.15. The van der Waals surface area contributed by atoms with Crippen LogP contribution >= 0.6 is 0 Å². The Bertz CT molecular complexity index is 868. The summed E-state index contributed by atoms with van der Waals surface area (Å²) in [5, 5.41) is 0. The van der Waals surface area contributed by atoms with E-state index in [1.807, 2.05) is 66.7 Å². The minimum absolute atomic E-state index is 0.144. The molecule has 0 bridgehead atoms. The Morgan fingerprint density at radius 1 is 0.625 bits per heavy atom. The smallest absolute Gasteiger partial charge is 0.222 e. The van der Waals surface area contributed by atoms with Crippen molar-refractivity contribution in [2.75, 3.05) is 0 Å². The SMILES string of the molecule is C1=C(c2ccccc2)N=C(c2ccccc2)OC1c1ccccc1. The van der Waals surface area contributed by atoms with Gasteiger partial charge < -0.3 is 4.74 Å². The van der Waals surface area contributed by atoms with Crippen LogP contribution < -0.4 is 0 Å². The lowest BCUT2D eigenvalue weighted by Gasteiger charge is -2.23. The maximum Gasteiger partial charge on any atom is 0.222 e. The highest BCUT2D eigenvalue weighted by Gasteiger charge is 2.21. The van der Waals surface area contributed by atoms with Crippen LogP contribution in [0.1, 0.15) is 22.8 Å². The maximum absolute atomic E-state index is 6.18. The molecule has 2 heteroatoms. The summed E-state index contributed by atoms with van der Waals surface area (Å²) in [5.74, 6) is 0.658. The van der Waals surface area contributed by atoms with Crippen molar-refractivity contribution in [1.82, 2.24) is 0 Å². The van der Waals surface area contributed by atoms with Gasteiger partial charge in [-0.15, -0.1) is 0 Å². The molecule has 3 aromatic carbocycles. The molecule has 0 fully saturated rings. The first kappa shape index (κ1) is 14.5. The van der Waals surface area contributed by atoms with Crippen LogP contribution in [-0.4, -0.2) is 5.90 Å². The van der Waals surface area contributed by atoms with Crippen molar-refractivity contribution in [3.8, 4) is 0 Å². The monoisotopic (exact) mass is 311 g/mol. The first-order chi connectivity index (χ1) is 11.9. The summed E-state index contributed by atoms with van der Waals surface area (Å²) in [6.07, 6.45) is 1.94. The lowest BCUT2D eigenvalue weighted by atomic mass is 10.0.